The van der Waals surface area contributed by atoms with Gasteiger partial charge in [0.1, 0.15) is 0 Å². The minimum atomic E-state index is -1.29. The number of carbonyl (C=O) groups excluding carboxylic acids is 1. The van der Waals surface area contributed by atoms with Gasteiger partial charge in [-0.25, -0.2) is 4.79 Å². The van der Waals surface area contributed by atoms with Gasteiger partial charge >= 0.3 is 5.97 Å². The second-order valence-corrected chi connectivity index (χ2v) is 2.32. The highest BCUT2D eigenvalue weighted by molar-refractivity contribution is 6.06. The number of carboxylic acid groups (broad SMARTS) is 1. The Morgan fingerprint density at radius 1 is 1.31 bits per heavy atom. The Morgan fingerprint density at radius 2 is 1.92 bits per heavy atom. The summed E-state index contributed by atoms with van der Waals surface area (Å²) in [4.78, 5) is 21.6. The van der Waals surface area contributed by atoms with E-state index in [0.717, 1.165) is 0 Å². The average Bonchev–Trinajstić information content (AvgIpc) is 2.17. The van der Waals surface area contributed by atoms with Gasteiger partial charge in [-0.2, -0.15) is 0 Å². The molecule has 0 bridgehead atoms. The quantitative estimate of drug-likeness (QED) is 0.562. The molecular formula is C10H8O3. The van der Waals surface area contributed by atoms with Crippen LogP contribution in [0.25, 0.3) is 0 Å². The first-order valence-corrected chi connectivity index (χ1v) is 3.62. The van der Waals surface area contributed by atoms with Gasteiger partial charge in [-0.05, 0) is 6.05 Å². The van der Waals surface area contributed by atoms with Gasteiger partial charge in [-0.1, -0.05) is 30.3 Å². The van der Waals surface area contributed by atoms with Crippen LogP contribution < -0.4 is 0 Å². The number of carboxylic acids is 1. The maximum atomic E-state index is 11.4. The van der Waals surface area contributed by atoms with Crippen LogP contribution in [0.1, 0.15) is 11.7 Å². The zero-order valence-electron chi connectivity index (χ0n) is 7.73. The van der Waals surface area contributed by atoms with Crippen LogP contribution in [0.4, 0.5) is 0 Å². The van der Waals surface area contributed by atoms with Gasteiger partial charge in [0.15, 0.2) is 5.78 Å². The van der Waals surface area contributed by atoms with Crippen LogP contribution in [0.2, 0.25) is 0 Å². The molecule has 0 aliphatic heterocycles. The minimum absolute atomic E-state index is 0.315. The van der Waals surface area contributed by atoms with Crippen molar-refractivity contribution in [3.8, 4) is 0 Å². The highest BCUT2D eigenvalue weighted by atomic mass is 16.4. The van der Waals surface area contributed by atoms with E-state index in [1.807, 2.05) is 0 Å². The maximum absolute atomic E-state index is 11.4. The molecule has 0 unspecified atom stereocenters. The molecule has 1 aromatic rings. The summed E-state index contributed by atoms with van der Waals surface area (Å²) >= 11 is 0. The lowest BCUT2D eigenvalue weighted by atomic mass is 10.1. The second kappa shape index (κ2) is 4.21. The smallest absolute Gasteiger partial charge is 0.328 e. The molecule has 1 N–H and O–H groups in total. The lowest BCUT2D eigenvalue weighted by Crippen LogP contribution is -1.95. The fourth-order valence-electron chi connectivity index (χ4n) is 0.800. The monoisotopic (exact) mass is 177 g/mol. The van der Waals surface area contributed by atoms with Crippen LogP contribution in [-0.2, 0) is 4.79 Å². The van der Waals surface area contributed by atoms with E-state index in [1.54, 1.807) is 18.2 Å². The van der Waals surface area contributed by atoms with Gasteiger partial charge in [0.05, 0.1) is 1.37 Å². The van der Waals surface area contributed by atoms with Crippen LogP contribution >= 0.6 is 0 Å². The Kier molecular flexibility index (Phi) is 2.50. The van der Waals surface area contributed by atoms with Crippen molar-refractivity contribution in [2.45, 2.75) is 0 Å². The Morgan fingerprint density at radius 3 is 2.46 bits per heavy atom. The van der Waals surface area contributed by atoms with Crippen LogP contribution in [0.5, 0.6) is 0 Å². The van der Waals surface area contributed by atoms with Gasteiger partial charge in [0, 0.05) is 11.6 Å². The van der Waals surface area contributed by atoms with Gasteiger partial charge < -0.3 is 5.11 Å². The van der Waals surface area contributed by atoms with Crippen molar-refractivity contribution < 1.29 is 16.1 Å². The fourth-order valence-corrected chi connectivity index (χ4v) is 0.800. The molecule has 66 valence electrons. The molecule has 0 saturated heterocycles. The summed E-state index contributed by atoms with van der Waals surface area (Å²) < 4.78 is 7.18. The van der Waals surface area contributed by atoms with Crippen molar-refractivity contribution in [1.29, 1.82) is 0 Å². The van der Waals surface area contributed by atoms with E-state index < -0.39 is 17.8 Å². The Balaban J connectivity index is 2.92. The number of rotatable bonds is 3. The zero-order chi connectivity index (χ0) is 10.6. The predicted molar refractivity (Wildman–Crippen MR) is 47.5 cm³/mol. The van der Waals surface area contributed by atoms with E-state index in [9.17, 15) is 9.59 Å². The van der Waals surface area contributed by atoms with Gasteiger partial charge in [-0.15, -0.1) is 0 Å². The maximum Gasteiger partial charge on any atom is 0.328 e. The average molecular weight is 177 g/mol. The number of carbonyl (C=O) groups is 2. The number of hydrogen-bond donors (Lipinski definition) is 1. The zero-order valence-corrected chi connectivity index (χ0v) is 6.73. The molecular weight excluding hydrogens is 168 g/mol. The molecule has 3 nitrogen and oxygen atoms in total. The molecule has 13 heavy (non-hydrogen) atoms. The predicted octanol–water partition coefficient (Wildman–Crippen LogP) is 1.51. The molecule has 1 aromatic carbocycles. The number of hydrogen-bond acceptors (Lipinski definition) is 2. The summed E-state index contributed by atoms with van der Waals surface area (Å²) in [5, 5.41) is 8.33. The van der Waals surface area contributed by atoms with E-state index in [-0.39, 0.29) is 0 Å². The van der Waals surface area contributed by atoms with E-state index in [1.165, 1.54) is 12.1 Å². The largest absolute Gasteiger partial charge is 0.478 e. The molecule has 0 aliphatic carbocycles. The fraction of sp³-hybridized carbons (Fsp3) is 0. The molecule has 0 amide bonds. The minimum Gasteiger partial charge on any atom is -0.478 e. The second-order valence-electron chi connectivity index (χ2n) is 2.32. The Bertz CT molecular complexity index is 382. The molecule has 3 heteroatoms. The van der Waals surface area contributed by atoms with E-state index >= 15 is 0 Å². The number of benzene rings is 1. The third kappa shape index (κ3) is 2.91. The van der Waals surface area contributed by atoms with Crippen molar-refractivity contribution >= 4 is 11.8 Å². The molecule has 0 aliphatic rings. The van der Waals surface area contributed by atoms with Gasteiger partial charge in [0.2, 0.25) is 0 Å². The van der Waals surface area contributed by atoms with Crippen LogP contribution in [-0.4, -0.2) is 16.9 Å². The topological polar surface area (TPSA) is 54.4 Å². The van der Waals surface area contributed by atoms with Crippen molar-refractivity contribution in [2.24, 2.45) is 0 Å². The first-order chi connectivity index (χ1) is 6.61. The molecule has 0 saturated carbocycles. The number of allylic oxidation sites excluding steroid dienone is 1. The van der Waals surface area contributed by atoms with Crippen LogP contribution in [0, 0.1) is 0 Å². The van der Waals surface area contributed by atoms with Crippen LogP contribution in [0.3, 0.4) is 0 Å². The van der Waals surface area contributed by atoms with Crippen molar-refractivity contribution in [3.05, 3.63) is 48.0 Å². The summed E-state index contributed by atoms with van der Waals surface area (Å²) in [6.45, 7) is 0. The normalized spacial score (nSPS) is 12.0. The first kappa shape index (κ1) is 7.73. The Labute approximate surface area is 76.7 Å². The molecule has 0 radical (unpaired) electrons. The standard InChI is InChI=1S/C10H8O3/c11-9(6-7-10(12)13)8-4-2-1-3-5-8/h1-7H,(H,12,13)/b7-6+/i6D. The lowest BCUT2D eigenvalue weighted by Gasteiger charge is -1.92. The lowest BCUT2D eigenvalue weighted by molar-refractivity contribution is -0.131. The number of ketones is 1. The van der Waals surface area contributed by atoms with E-state index in [0.29, 0.717) is 11.6 Å². The van der Waals surface area contributed by atoms with Crippen molar-refractivity contribution in [3.63, 3.8) is 0 Å². The molecule has 0 atom stereocenters. The summed E-state index contributed by atoms with van der Waals surface area (Å²) in [6, 6.07) is 7.59. The number of aliphatic carboxylic acids is 1. The van der Waals surface area contributed by atoms with Gasteiger partial charge in [0.25, 0.3) is 0 Å². The molecule has 0 fully saturated rings. The third-order valence-electron chi connectivity index (χ3n) is 1.36. The van der Waals surface area contributed by atoms with Crippen LogP contribution in [0.15, 0.2) is 42.5 Å². The van der Waals surface area contributed by atoms with Gasteiger partial charge in [-0.3, -0.25) is 4.79 Å². The Hall–Kier alpha value is -1.90. The summed E-state index contributed by atoms with van der Waals surface area (Å²) in [7, 11) is 0. The third-order valence-corrected chi connectivity index (χ3v) is 1.36. The molecule has 1 rings (SSSR count). The van der Waals surface area contributed by atoms with E-state index in [4.69, 9.17) is 6.48 Å². The molecule has 0 heterocycles. The van der Waals surface area contributed by atoms with E-state index in [2.05, 4.69) is 0 Å². The molecule has 0 aromatic heterocycles. The SMILES string of the molecule is [2H]/C(=C\C(=O)O)C(=O)c1ccccc1. The summed E-state index contributed by atoms with van der Waals surface area (Å²) in [5.74, 6) is -1.88. The highest BCUT2D eigenvalue weighted by Crippen LogP contribution is 2.00. The van der Waals surface area contributed by atoms with Crippen molar-refractivity contribution in [2.75, 3.05) is 0 Å². The molecule has 0 spiro atoms. The summed E-state index contributed by atoms with van der Waals surface area (Å²) in [5.41, 5.74) is 0.315. The first-order valence-electron chi connectivity index (χ1n) is 4.12. The highest BCUT2D eigenvalue weighted by Gasteiger charge is 1.99. The van der Waals surface area contributed by atoms with Crippen molar-refractivity contribution in [1.82, 2.24) is 0 Å². The summed E-state index contributed by atoms with van der Waals surface area (Å²) in [6.07, 6.45) is 0.579.